The second-order valence-electron chi connectivity index (χ2n) is 7.44. The number of rotatable bonds is 3. The van der Waals surface area contributed by atoms with Crippen molar-refractivity contribution in [3.05, 3.63) is 29.6 Å². The zero-order valence-electron chi connectivity index (χ0n) is 15.4. The van der Waals surface area contributed by atoms with E-state index in [0.29, 0.717) is 0 Å². The molecule has 8 nitrogen and oxygen atoms in total. The third-order valence-electron chi connectivity index (χ3n) is 5.56. The van der Waals surface area contributed by atoms with Crippen LogP contribution in [-0.2, 0) is 4.79 Å². The van der Waals surface area contributed by atoms with Crippen molar-refractivity contribution in [3.63, 3.8) is 0 Å². The van der Waals surface area contributed by atoms with Gasteiger partial charge in [0, 0.05) is 36.9 Å². The number of aromatic nitrogens is 1. The number of carbonyl (C=O) groups is 1. The highest BCUT2D eigenvalue weighted by molar-refractivity contribution is 7.98. The molecule has 4 heterocycles. The predicted molar refractivity (Wildman–Crippen MR) is 102 cm³/mol. The molecule has 1 aromatic rings. The number of hydrogen-bond donors (Lipinski definition) is 5. The standard InChI is InChI=1S/C17H26FN7OS/c1-8-11(4-3-5-20-8)12-9(2)24-27-17(12)22-16(26)13-14(19)23-25-7-10(18)6-21-15(13)25/h3-5,9-10,12-15,17,21,23-24H,6-7,19H2,1-2H3,(H,22,26). The number of hydrogen-bond acceptors (Lipinski definition) is 8. The Morgan fingerprint density at radius 3 is 3.11 bits per heavy atom. The maximum absolute atomic E-state index is 13.6. The summed E-state index contributed by atoms with van der Waals surface area (Å²) < 4.78 is 17.0. The van der Waals surface area contributed by atoms with Crippen molar-refractivity contribution < 1.29 is 9.18 Å². The van der Waals surface area contributed by atoms with Crippen molar-refractivity contribution in [2.75, 3.05) is 13.1 Å². The fourth-order valence-corrected chi connectivity index (χ4v) is 5.42. The molecular weight excluding hydrogens is 369 g/mol. The first-order valence-corrected chi connectivity index (χ1v) is 10.1. The Morgan fingerprint density at radius 2 is 2.33 bits per heavy atom. The van der Waals surface area contributed by atoms with Gasteiger partial charge in [0.1, 0.15) is 6.17 Å². The van der Waals surface area contributed by atoms with Crippen molar-refractivity contribution >= 4 is 17.9 Å². The van der Waals surface area contributed by atoms with E-state index in [9.17, 15) is 9.18 Å². The molecule has 0 radical (unpaired) electrons. The molecule has 0 aliphatic carbocycles. The minimum atomic E-state index is -0.976. The van der Waals surface area contributed by atoms with Crippen LogP contribution >= 0.6 is 11.9 Å². The van der Waals surface area contributed by atoms with Gasteiger partial charge in [0.05, 0.1) is 23.6 Å². The molecular formula is C17H26FN7OS. The number of alkyl halides is 1. The number of carbonyl (C=O) groups excluding carboxylic acids is 1. The number of nitrogens with one attached hydrogen (secondary N) is 4. The molecule has 10 heteroatoms. The third kappa shape index (κ3) is 3.57. The Bertz CT molecular complexity index is 710. The lowest BCUT2D eigenvalue weighted by Gasteiger charge is -2.34. The second kappa shape index (κ2) is 7.61. The number of nitrogens with zero attached hydrogens (tertiary/aromatic N) is 2. The van der Waals surface area contributed by atoms with E-state index in [2.05, 4.69) is 38.8 Å². The highest BCUT2D eigenvalue weighted by Gasteiger charge is 2.48. The molecule has 4 rings (SSSR count). The Balaban J connectivity index is 1.49. The van der Waals surface area contributed by atoms with Crippen molar-refractivity contribution in [1.29, 1.82) is 0 Å². The number of pyridine rings is 1. The van der Waals surface area contributed by atoms with E-state index >= 15 is 0 Å². The number of aryl methyl sites for hydroxylation is 1. The second-order valence-corrected chi connectivity index (χ2v) is 8.42. The molecule has 3 aliphatic rings. The van der Waals surface area contributed by atoms with Crippen LogP contribution in [0.5, 0.6) is 0 Å². The van der Waals surface area contributed by atoms with Crippen LogP contribution in [0.1, 0.15) is 24.1 Å². The van der Waals surface area contributed by atoms with Crippen molar-refractivity contribution in [2.45, 2.75) is 49.7 Å². The van der Waals surface area contributed by atoms with Gasteiger partial charge in [-0.3, -0.25) is 19.8 Å². The summed E-state index contributed by atoms with van der Waals surface area (Å²) in [5.74, 6) is -0.527. The molecule has 27 heavy (non-hydrogen) atoms. The Kier molecular flexibility index (Phi) is 5.36. The quantitative estimate of drug-likeness (QED) is 0.438. The highest BCUT2D eigenvalue weighted by Crippen LogP contribution is 2.37. The average molecular weight is 396 g/mol. The van der Waals surface area contributed by atoms with E-state index in [-0.39, 0.29) is 42.5 Å². The van der Waals surface area contributed by atoms with Gasteiger partial charge < -0.3 is 11.1 Å². The summed E-state index contributed by atoms with van der Waals surface area (Å²) in [6.45, 7) is 4.54. The Hall–Kier alpha value is -1.30. The van der Waals surface area contributed by atoms with Crippen LogP contribution in [0.4, 0.5) is 4.39 Å². The molecule has 7 atom stereocenters. The molecule has 3 fully saturated rings. The van der Waals surface area contributed by atoms with E-state index < -0.39 is 18.3 Å². The van der Waals surface area contributed by atoms with Crippen LogP contribution in [0.15, 0.2) is 18.3 Å². The monoisotopic (exact) mass is 395 g/mol. The first-order valence-electron chi connectivity index (χ1n) is 9.24. The first-order chi connectivity index (χ1) is 13.0. The minimum absolute atomic E-state index is 0.101. The minimum Gasteiger partial charge on any atom is -0.342 e. The van der Waals surface area contributed by atoms with Gasteiger partial charge in [0.2, 0.25) is 5.91 Å². The summed E-state index contributed by atoms with van der Waals surface area (Å²) in [6, 6.07) is 4.17. The average Bonchev–Trinajstić information content (AvgIpc) is 3.14. The largest absolute Gasteiger partial charge is 0.342 e. The van der Waals surface area contributed by atoms with Gasteiger partial charge in [-0.2, -0.15) is 0 Å². The van der Waals surface area contributed by atoms with E-state index in [1.807, 2.05) is 13.0 Å². The zero-order valence-corrected chi connectivity index (χ0v) is 16.2. The first kappa shape index (κ1) is 19.0. The summed E-state index contributed by atoms with van der Waals surface area (Å²) in [5.41, 5.74) is 11.3. The number of fused-ring (bicyclic) bond motifs is 1. The smallest absolute Gasteiger partial charge is 0.230 e. The highest BCUT2D eigenvalue weighted by atomic mass is 32.2. The molecule has 3 aliphatic heterocycles. The number of nitrogens with two attached hydrogens (primary N) is 1. The van der Waals surface area contributed by atoms with E-state index in [4.69, 9.17) is 5.73 Å². The molecule has 0 aromatic carbocycles. The molecule has 0 spiro atoms. The van der Waals surface area contributed by atoms with Crippen LogP contribution in [0.25, 0.3) is 0 Å². The predicted octanol–water partition coefficient (Wildman–Crippen LogP) is -0.456. The Labute approximate surface area is 162 Å². The van der Waals surface area contributed by atoms with Crippen LogP contribution in [-0.4, -0.2) is 58.9 Å². The van der Waals surface area contributed by atoms with Gasteiger partial charge in [0.15, 0.2) is 0 Å². The third-order valence-corrected chi connectivity index (χ3v) is 6.73. The van der Waals surface area contributed by atoms with Crippen LogP contribution in [0.2, 0.25) is 0 Å². The summed E-state index contributed by atoms with van der Waals surface area (Å²) >= 11 is 1.52. The molecule has 148 valence electrons. The molecule has 1 amide bonds. The van der Waals surface area contributed by atoms with Gasteiger partial charge in [-0.05, 0) is 25.5 Å². The van der Waals surface area contributed by atoms with Crippen molar-refractivity contribution in [1.82, 2.24) is 30.8 Å². The SMILES string of the molecule is Cc1ncccc1C1C(C)NSC1NC(=O)C1C(N)NN2CC(F)CNC12. The van der Waals surface area contributed by atoms with Gasteiger partial charge in [-0.25, -0.2) is 14.8 Å². The summed E-state index contributed by atoms with van der Waals surface area (Å²) in [6.07, 6.45) is -0.0567. The normalized spacial score (nSPS) is 39.3. The van der Waals surface area contributed by atoms with E-state index in [0.717, 1.165) is 11.3 Å². The Morgan fingerprint density at radius 1 is 1.52 bits per heavy atom. The summed E-state index contributed by atoms with van der Waals surface area (Å²) in [5, 5.41) is 7.82. The number of halogens is 1. The van der Waals surface area contributed by atoms with Gasteiger partial charge in [-0.15, -0.1) is 0 Å². The number of amides is 1. The van der Waals surface area contributed by atoms with Gasteiger partial charge in [0.25, 0.3) is 0 Å². The lowest BCUT2D eigenvalue weighted by atomic mass is 9.91. The fourth-order valence-electron chi connectivity index (χ4n) is 4.21. The molecule has 0 bridgehead atoms. The molecule has 6 N–H and O–H groups in total. The fraction of sp³-hybridized carbons (Fsp3) is 0.647. The number of hydrazine groups is 1. The molecule has 1 aromatic heterocycles. The lowest BCUT2D eigenvalue weighted by Crippen LogP contribution is -2.59. The summed E-state index contributed by atoms with van der Waals surface area (Å²) in [4.78, 5) is 17.5. The van der Waals surface area contributed by atoms with E-state index in [1.165, 1.54) is 11.9 Å². The molecule has 7 unspecified atom stereocenters. The van der Waals surface area contributed by atoms with Crippen LogP contribution in [0, 0.1) is 12.8 Å². The summed E-state index contributed by atoms with van der Waals surface area (Å²) in [7, 11) is 0. The topological polar surface area (TPSA) is 107 Å². The molecule has 0 saturated carbocycles. The van der Waals surface area contributed by atoms with E-state index in [1.54, 1.807) is 11.2 Å². The zero-order chi connectivity index (χ0) is 19.1. The van der Waals surface area contributed by atoms with Gasteiger partial charge in [-0.1, -0.05) is 18.0 Å². The van der Waals surface area contributed by atoms with Crippen molar-refractivity contribution in [2.24, 2.45) is 11.7 Å². The molecule has 3 saturated heterocycles. The van der Waals surface area contributed by atoms with Crippen LogP contribution < -0.4 is 26.5 Å². The lowest BCUT2D eigenvalue weighted by molar-refractivity contribution is -0.127. The van der Waals surface area contributed by atoms with Crippen molar-refractivity contribution in [3.8, 4) is 0 Å². The maximum Gasteiger partial charge on any atom is 0.230 e. The van der Waals surface area contributed by atoms with Crippen LogP contribution in [0.3, 0.4) is 0 Å². The maximum atomic E-state index is 13.6. The van der Waals surface area contributed by atoms with Gasteiger partial charge >= 0.3 is 0 Å².